The Bertz CT molecular complexity index is 313. The Balaban J connectivity index is 0.00000128. The molecule has 1 saturated heterocycles. The van der Waals surface area contributed by atoms with E-state index in [1.165, 1.54) is 0 Å². The lowest BCUT2D eigenvalue weighted by Crippen LogP contribution is -2.51. The van der Waals surface area contributed by atoms with Gasteiger partial charge in [-0.25, -0.2) is 0 Å². The minimum atomic E-state index is -0.197. The van der Waals surface area contributed by atoms with E-state index in [2.05, 4.69) is 10.6 Å². The second-order valence-corrected chi connectivity index (χ2v) is 4.21. The van der Waals surface area contributed by atoms with Crippen LogP contribution in [0.5, 0.6) is 0 Å². The van der Waals surface area contributed by atoms with Gasteiger partial charge in [-0.1, -0.05) is 0 Å². The predicted molar refractivity (Wildman–Crippen MR) is 66.0 cm³/mol. The first-order valence-electron chi connectivity index (χ1n) is 4.96. The molecule has 90 valence electrons. The SMILES string of the molecule is Cl.O=C(NCc1ccsc1)C1COCCN1. The van der Waals surface area contributed by atoms with Crippen LogP contribution in [0.2, 0.25) is 0 Å². The summed E-state index contributed by atoms with van der Waals surface area (Å²) in [7, 11) is 0. The van der Waals surface area contributed by atoms with Gasteiger partial charge in [0.05, 0.1) is 13.2 Å². The average molecular weight is 263 g/mol. The molecule has 1 atom stereocenters. The summed E-state index contributed by atoms with van der Waals surface area (Å²) < 4.78 is 5.22. The highest BCUT2D eigenvalue weighted by atomic mass is 35.5. The number of morpholine rings is 1. The lowest BCUT2D eigenvalue weighted by atomic mass is 10.2. The number of carbonyl (C=O) groups excluding carboxylic acids is 1. The van der Waals surface area contributed by atoms with Gasteiger partial charge < -0.3 is 15.4 Å². The van der Waals surface area contributed by atoms with Crippen LogP contribution in [-0.2, 0) is 16.1 Å². The van der Waals surface area contributed by atoms with E-state index < -0.39 is 0 Å². The first-order valence-corrected chi connectivity index (χ1v) is 5.90. The van der Waals surface area contributed by atoms with Crippen LogP contribution in [0.15, 0.2) is 16.8 Å². The Morgan fingerprint density at radius 3 is 3.19 bits per heavy atom. The van der Waals surface area contributed by atoms with E-state index in [-0.39, 0.29) is 24.4 Å². The molecule has 2 rings (SSSR count). The van der Waals surface area contributed by atoms with Crippen LogP contribution in [0, 0.1) is 0 Å². The van der Waals surface area contributed by atoms with Crippen LogP contribution in [0.1, 0.15) is 5.56 Å². The van der Waals surface area contributed by atoms with Gasteiger partial charge in [0, 0.05) is 13.1 Å². The number of carbonyl (C=O) groups is 1. The Kier molecular flexibility index (Phi) is 5.76. The second-order valence-electron chi connectivity index (χ2n) is 3.43. The zero-order chi connectivity index (χ0) is 10.5. The zero-order valence-corrected chi connectivity index (χ0v) is 10.4. The fraction of sp³-hybridized carbons (Fsp3) is 0.500. The zero-order valence-electron chi connectivity index (χ0n) is 8.77. The Labute approximate surface area is 105 Å². The van der Waals surface area contributed by atoms with Crippen molar-refractivity contribution in [3.05, 3.63) is 22.4 Å². The third-order valence-electron chi connectivity index (χ3n) is 2.28. The van der Waals surface area contributed by atoms with E-state index in [9.17, 15) is 4.79 Å². The summed E-state index contributed by atoms with van der Waals surface area (Å²) >= 11 is 1.64. The molecule has 0 radical (unpaired) electrons. The summed E-state index contributed by atoms with van der Waals surface area (Å²) in [5.41, 5.74) is 1.14. The molecule has 0 saturated carbocycles. The minimum Gasteiger partial charge on any atom is -0.378 e. The van der Waals surface area contributed by atoms with Crippen LogP contribution in [0.3, 0.4) is 0 Å². The number of thiophene rings is 1. The molecule has 0 bridgehead atoms. The lowest BCUT2D eigenvalue weighted by molar-refractivity contribution is -0.126. The molecule has 1 fully saturated rings. The number of hydrogen-bond donors (Lipinski definition) is 2. The van der Waals surface area contributed by atoms with Gasteiger partial charge in [-0.2, -0.15) is 11.3 Å². The lowest BCUT2D eigenvalue weighted by Gasteiger charge is -2.22. The van der Waals surface area contributed by atoms with Crippen LogP contribution < -0.4 is 10.6 Å². The van der Waals surface area contributed by atoms with Gasteiger partial charge in [-0.3, -0.25) is 4.79 Å². The predicted octanol–water partition coefficient (Wildman–Crippen LogP) is 0.774. The van der Waals surface area contributed by atoms with Gasteiger partial charge >= 0.3 is 0 Å². The maximum Gasteiger partial charge on any atom is 0.239 e. The molecule has 0 spiro atoms. The summed E-state index contributed by atoms with van der Waals surface area (Å²) in [6.45, 7) is 2.50. The first kappa shape index (κ1) is 13.4. The molecule has 1 unspecified atom stereocenters. The maximum atomic E-state index is 11.6. The highest BCUT2D eigenvalue weighted by Crippen LogP contribution is 2.05. The molecule has 1 aliphatic rings. The summed E-state index contributed by atoms with van der Waals surface area (Å²) in [6.07, 6.45) is 0. The van der Waals surface area contributed by atoms with Gasteiger partial charge in [-0.15, -0.1) is 12.4 Å². The van der Waals surface area contributed by atoms with E-state index in [0.717, 1.165) is 12.1 Å². The Morgan fingerprint density at radius 1 is 1.69 bits per heavy atom. The van der Waals surface area contributed by atoms with E-state index in [4.69, 9.17) is 4.74 Å². The highest BCUT2D eigenvalue weighted by molar-refractivity contribution is 7.07. The first-order chi connectivity index (χ1) is 7.36. The normalized spacial score (nSPS) is 19.9. The standard InChI is InChI=1S/C10H14N2O2S.ClH/c13-10(9-6-14-3-2-11-9)12-5-8-1-4-15-7-8;/h1,4,7,9,11H,2-3,5-6H2,(H,12,13);1H. The van der Waals surface area contributed by atoms with Crippen LogP contribution in [0.4, 0.5) is 0 Å². The fourth-order valence-electron chi connectivity index (χ4n) is 1.44. The highest BCUT2D eigenvalue weighted by Gasteiger charge is 2.20. The van der Waals surface area contributed by atoms with Gasteiger partial charge in [0.2, 0.25) is 5.91 Å². The third-order valence-corrected chi connectivity index (χ3v) is 3.02. The molecular weight excluding hydrogens is 248 g/mol. The van der Waals surface area contributed by atoms with Crippen molar-refractivity contribution in [3.8, 4) is 0 Å². The van der Waals surface area contributed by atoms with Gasteiger partial charge in [0.15, 0.2) is 0 Å². The molecular formula is C10H15ClN2O2S. The maximum absolute atomic E-state index is 11.6. The van der Waals surface area contributed by atoms with Gasteiger partial charge in [-0.05, 0) is 22.4 Å². The number of ether oxygens (including phenoxy) is 1. The van der Waals surface area contributed by atoms with Crippen molar-refractivity contribution in [1.29, 1.82) is 0 Å². The average Bonchev–Trinajstić information content (AvgIpc) is 2.80. The van der Waals surface area contributed by atoms with E-state index in [1.54, 1.807) is 11.3 Å². The molecule has 0 aliphatic carbocycles. The van der Waals surface area contributed by atoms with Gasteiger partial charge in [0.25, 0.3) is 0 Å². The quantitative estimate of drug-likeness (QED) is 0.846. The molecule has 1 aromatic heterocycles. The van der Waals surface area contributed by atoms with Crippen molar-refractivity contribution < 1.29 is 9.53 Å². The molecule has 6 heteroatoms. The summed E-state index contributed by atoms with van der Waals surface area (Å²) in [4.78, 5) is 11.6. The summed E-state index contributed by atoms with van der Waals surface area (Å²) in [6, 6.07) is 1.81. The number of nitrogens with one attached hydrogen (secondary N) is 2. The minimum absolute atomic E-state index is 0. The number of rotatable bonds is 3. The van der Waals surface area contributed by atoms with Crippen molar-refractivity contribution in [2.45, 2.75) is 12.6 Å². The van der Waals surface area contributed by atoms with Gasteiger partial charge in [0.1, 0.15) is 6.04 Å². The summed E-state index contributed by atoms with van der Waals surface area (Å²) in [5, 5.41) is 10.0. The molecule has 0 aromatic carbocycles. The van der Waals surface area contributed by atoms with E-state index in [1.807, 2.05) is 16.8 Å². The smallest absolute Gasteiger partial charge is 0.239 e. The largest absolute Gasteiger partial charge is 0.378 e. The molecule has 2 heterocycles. The van der Waals surface area contributed by atoms with E-state index >= 15 is 0 Å². The number of halogens is 1. The van der Waals surface area contributed by atoms with Crippen molar-refractivity contribution in [1.82, 2.24) is 10.6 Å². The number of amides is 1. The topological polar surface area (TPSA) is 50.4 Å². The van der Waals surface area contributed by atoms with E-state index in [0.29, 0.717) is 19.8 Å². The van der Waals surface area contributed by atoms with Crippen LogP contribution in [0.25, 0.3) is 0 Å². The second kappa shape index (κ2) is 6.85. The van der Waals surface area contributed by atoms with Crippen molar-refractivity contribution in [2.75, 3.05) is 19.8 Å². The molecule has 1 aromatic rings. The Morgan fingerprint density at radius 2 is 2.56 bits per heavy atom. The molecule has 16 heavy (non-hydrogen) atoms. The van der Waals surface area contributed by atoms with Crippen LogP contribution >= 0.6 is 23.7 Å². The molecule has 4 nitrogen and oxygen atoms in total. The van der Waals surface area contributed by atoms with Crippen LogP contribution in [-0.4, -0.2) is 31.7 Å². The molecule has 2 N–H and O–H groups in total. The third kappa shape index (κ3) is 3.75. The molecule has 1 amide bonds. The van der Waals surface area contributed by atoms with Crippen molar-refractivity contribution >= 4 is 29.7 Å². The van der Waals surface area contributed by atoms with Crippen molar-refractivity contribution in [2.24, 2.45) is 0 Å². The Hall–Kier alpha value is -0.620. The van der Waals surface area contributed by atoms with Crippen molar-refractivity contribution in [3.63, 3.8) is 0 Å². The number of hydrogen-bond acceptors (Lipinski definition) is 4. The summed E-state index contributed by atoms with van der Waals surface area (Å²) in [5.74, 6) is 0.0147. The monoisotopic (exact) mass is 262 g/mol. The molecule has 1 aliphatic heterocycles. The fourth-order valence-corrected chi connectivity index (χ4v) is 2.11.